The quantitative estimate of drug-likeness (QED) is 0.567. The maximum atomic E-state index is 12.8. The lowest BCUT2D eigenvalue weighted by Gasteiger charge is -2.25. The van der Waals surface area contributed by atoms with Crippen molar-refractivity contribution in [3.8, 4) is 5.75 Å². The van der Waals surface area contributed by atoms with Crippen molar-refractivity contribution in [3.63, 3.8) is 0 Å². The molecule has 4 rings (SSSR count). The van der Waals surface area contributed by atoms with Crippen LogP contribution in [0, 0.1) is 0 Å². The zero-order valence-electron chi connectivity index (χ0n) is 16.8. The molecular weight excluding hydrogens is 402 g/mol. The molecule has 3 aromatic rings. The van der Waals surface area contributed by atoms with Gasteiger partial charge in [-0.25, -0.2) is 0 Å². The Morgan fingerprint density at radius 1 is 1.17 bits per heavy atom. The first-order valence-electron chi connectivity index (χ1n) is 10.00. The van der Waals surface area contributed by atoms with E-state index < -0.39 is 0 Å². The summed E-state index contributed by atoms with van der Waals surface area (Å²) < 4.78 is 5.24. The highest BCUT2D eigenvalue weighted by Gasteiger charge is 2.26. The summed E-state index contributed by atoms with van der Waals surface area (Å²) in [5, 5.41) is 17.0. The van der Waals surface area contributed by atoms with Crippen molar-refractivity contribution in [3.05, 3.63) is 70.5 Å². The molecule has 0 bridgehead atoms. The molecule has 1 aliphatic rings. The number of tetrazole rings is 1. The number of nitrogens with one attached hydrogen (secondary N) is 1. The number of hydrogen-bond acceptors (Lipinski definition) is 6. The average Bonchev–Trinajstić information content (AvgIpc) is 3.18. The first kappa shape index (κ1) is 20.5. The van der Waals surface area contributed by atoms with E-state index in [2.05, 4.69) is 20.7 Å². The summed E-state index contributed by atoms with van der Waals surface area (Å²) >= 11 is 5.94. The number of carbonyl (C=O) groups is 1. The highest BCUT2D eigenvalue weighted by atomic mass is 35.5. The molecule has 8 heteroatoms. The summed E-state index contributed by atoms with van der Waals surface area (Å²) in [6, 6.07) is 15.5. The zero-order chi connectivity index (χ0) is 20.9. The maximum Gasteiger partial charge on any atom is 0.178 e. The second kappa shape index (κ2) is 9.36. The molecule has 1 fully saturated rings. The van der Waals surface area contributed by atoms with Crippen molar-refractivity contribution >= 4 is 17.4 Å². The van der Waals surface area contributed by atoms with Crippen molar-refractivity contribution in [2.24, 2.45) is 0 Å². The predicted molar refractivity (Wildman–Crippen MR) is 114 cm³/mol. The maximum absolute atomic E-state index is 12.8. The Morgan fingerprint density at radius 2 is 1.87 bits per heavy atom. The van der Waals surface area contributed by atoms with Gasteiger partial charge in [-0.15, -0.1) is 10.2 Å². The lowest BCUT2D eigenvalue weighted by atomic mass is 9.91. The predicted octanol–water partition coefficient (Wildman–Crippen LogP) is 3.01. The molecule has 1 atom stereocenters. The van der Waals surface area contributed by atoms with E-state index in [-0.39, 0.29) is 17.7 Å². The number of carbonyl (C=O) groups excluding carboxylic acids is 1. The number of methoxy groups -OCH3 is 1. The summed E-state index contributed by atoms with van der Waals surface area (Å²) in [7, 11) is 1.64. The number of aromatic nitrogens is 4. The standard InChI is InChI=1S/C22H24ClN5O2/c1-30-21-8-4-15(5-9-21)10-17(22-25-27-28(26-22)19-13-24-14-19)12-20(29)11-16-2-6-18(23)7-3-16/h2-9,17,19,24H,10-14H2,1H3/t17-/m1/s1. The van der Waals surface area contributed by atoms with Gasteiger partial charge in [-0.3, -0.25) is 4.79 Å². The lowest BCUT2D eigenvalue weighted by molar-refractivity contribution is -0.118. The van der Waals surface area contributed by atoms with Crippen LogP contribution in [-0.2, 0) is 17.6 Å². The van der Waals surface area contributed by atoms with Gasteiger partial charge >= 0.3 is 0 Å². The molecule has 2 heterocycles. The van der Waals surface area contributed by atoms with Crippen LogP contribution in [0.1, 0.15) is 35.3 Å². The molecule has 1 aliphatic heterocycles. The van der Waals surface area contributed by atoms with Crippen LogP contribution in [0.2, 0.25) is 5.02 Å². The molecule has 0 spiro atoms. The zero-order valence-corrected chi connectivity index (χ0v) is 17.5. The molecule has 0 saturated carbocycles. The topological polar surface area (TPSA) is 81.9 Å². The highest BCUT2D eigenvalue weighted by molar-refractivity contribution is 6.30. The van der Waals surface area contributed by atoms with Crippen molar-refractivity contribution < 1.29 is 9.53 Å². The number of halogens is 1. The van der Waals surface area contributed by atoms with Gasteiger partial charge in [-0.2, -0.15) is 4.80 Å². The van der Waals surface area contributed by atoms with Gasteiger partial charge in [0, 0.05) is 36.9 Å². The minimum atomic E-state index is -0.139. The summed E-state index contributed by atoms with van der Waals surface area (Å²) in [6.45, 7) is 1.68. The normalized spacial score (nSPS) is 14.9. The smallest absolute Gasteiger partial charge is 0.178 e. The van der Waals surface area contributed by atoms with Crippen molar-refractivity contribution in [2.45, 2.75) is 31.2 Å². The van der Waals surface area contributed by atoms with E-state index in [0.29, 0.717) is 30.1 Å². The van der Waals surface area contributed by atoms with Gasteiger partial charge in [-0.05, 0) is 47.0 Å². The molecule has 1 saturated heterocycles. The van der Waals surface area contributed by atoms with Crippen LogP contribution in [0.5, 0.6) is 5.75 Å². The Balaban J connectivity index is 1.50. The molecular formula is C22H24ClN5O2. The molecule has 0 unspecified atom stereocenters. The highest BCUT2D eigenvalue weighted by Crippen LogP contribution is 2.25. The van der Waals surface area contributed by atoms with Crippen LogP contribution in [0.25, 0.3) is 0 Å². The second-order valence-corrected chi connectivity index (χ2v) is 8.01. The van der Waals surface area contributed by atoms with Gasteiger partial charge in [0.1, 0.15) is 11.5 Å². The number of hydrogen-bond donors (Lipinski definition) is 1. The Morgan fingerprint density at radius 3 is 2.50 bits per heavy atom. The Labute approximate surface area is 180 Å². The molecule has 1 aromatic heterocycles. The Kier molecular flexibility index (Phi) is 6.40. The minimum Gasteiger partial charge on any atom is -0.497 e. The van der Waals surface area contributed by atoms with E-state index in [0.717, 1.165) is 30.0 Å². The molecule has 0 radical (unpaired) electrons. The third-order valence-corrected chi connectivity index (χ3v) is 5.58. The first-order valence-corrected chi connectivity index (χ1v) is 10.4. The SMILES string of the molecule is COc1ccc(C[C@H](CC(=O)Cc2ccc(Cl)cc2)c2nnn(C3CNC3)n2)cc1. The van der Waals surface area contributed by atoms with Gasteiger partial charge in [0.2, 0.25) is 0 Å². The third kappa shape index (κ3) is 5.04. The Hall–Kier alpha value is -2.77. The van der Waals surface area contributed by atoms with Gasteiger partial charge in [0.15, 0.2) is 5.82 Å². The molecule has 30 heavy (non-hydrogen) atoms. The molecule has 0 amide bonds. The van der Waals surface area contributed by atoms with Crippen LogP contribution < -0.4 is 10.1 Å². The van der Waals surface area contributed by atoms with Gasteiger partial charge in [-0.1, -0.05) is 35.9 Å². The molecule has 2 aromatic carbocycles. The largest absolute Gasteiger partial charge is 0.497 e. The van der Waals surface area contributed by atoms with Gasteiger partial charge < -0.3 is 10.1 Å². The van der Waals surface area contributed by atoms with E-state index in [9.17, 15) is 4.79 Å². The van der Waals surface area contributed by atoms with E-state index >= 15 is 0 Å². The van der Waals surface area contributed by atoms with E-state index in [4.69, 9.17) is 16.3 Å². The van der Waals surface area contributed by atoms with Crippen molar-refractivity contribution in [1.29, 1.82) is 0 Å². The third-order valence-electron chi connectivity index (χ3n) is 5.33. The molecule has 156 valence electrons. The first-order chi connectivity index (χ1) is 14.6. The van der Waals surface area contributed by atoms with Crippen LogP contribution in [0.4, 0.5) is 0 Å². The Bertz CT molecular complexity index is 984. The molecule has 1 N–H and O–H groups in total. The summed E-state index contributed by atoms with van der Waals surface area (Å²) in [4.78, 5) is 14.5. The fourth-order valence-electron chi connectivity index (χ4n) is 3.47. The number of benzene rings is 2. The summed E-state index contributed by atoms with van der Waals surface area (Å²) in [5.74, 6) is 1.41. The number of rotatable bonds is 9. The van der Waals surface area contributed by atoms with E-state index in [1.54, 1.807) is 24.0 Å². The van der Waals surface area contributed by atoms with Gasteiger partial charge in [0.05, 0.1) is 13.2 Å². The van der Waals surface area contributed by atoms with Crippen molar-refractivity contribution in [1.82, 2.24) is 25.5 Å². The summed E-state index contributed by atoms with van der Waals surface area (Å²) in [6.07, 6.45) is 1.37. The van der Waals surface area contributed by atoms with Crippen LogP contribution in [-0.4, -0.2) is 46.2 Å². The number of Topliss-reactive ketones (excluding diaryl/α,β-unsaturated/α-hetero) is 1. The van der Waals surface area contributed by atoms with Gasteiger partial charge in [0.25, 0.3) is 0 Å². The average molecular weight is 426 g/mol. The van der Waals surface area contributed by atoms with Crippen LogP contribution >= 0.6 is 11.6 Å². The minimum absolute atomic E-state index is 0.137. The van der Waals surface area contributed by atoms with Crippen LogP contribution in [0.3, 0.4) is 0 Å². The van der Waals surface area contributed by atoms with E-state index in [1.807, 2.05) is 36.4 Å². The molecule has 0 aliphatic carbocycles. The number of ether oxygens (including phenoxy) is 1. The summed E-state index contributed by atoms with van der Waals surface area (Å²) in [5.41, 5.74) is 2.05. The van der Waals surface area contributed by atoms with Crippen LogP contribution in [0.15, 0.2) is 48.5 Å². The number of nitrogens with zero attached hydrogens (tertiary/aromatic N) is 4. The monoisotopic (exact) mass is 425 g/mol. The fraction of sp³-hybridized carbons (Fsp3) is 0.364. The number of ketones is 1. The lowest BCUT2D eigenvalue weighted by Crippen LogP contribution is -2.44. The molecule has 7 nitrogen and oxygen atoms in total. The second-order valence-electron chi connectivity index (χ2n) is 7.58. The van der Waals surface area contributed by atoms with Crippen molar-refractivity contribution in [2.75, 3.05) is 20.2 Å². The van der Waals surface area contributed by atoms with E-state index in [1.165, 1.54) is 0 Å². The fourth-order valence-corrected chi connectivity index (χ4v) is 3.60.